The number of hydrogen-bond donors (Lipinski definition) is 1. The summed E-state index contributed by atoms with van der Waals surface area (Å²) in [6, 6.07) is 47.9. The van der Waals surface area contributed by atoms with Gasteiger partial charge in [-0.25, -0.2) is 0 Å². The van der Waals surface area contributed by atoms with Gasteiger partial charge in [-0.2, -0.15) is 0 Å². The summed E-state index contributed by atoms with van der Waals surface area (Å²) >= 11 is 7.86. The molecule has 298 valence electrons. The third-order valence-corrected chi connectivity index (χ3v) is 18.9. The van der Waals surface area contributed by atoms with Crippen LogP contribution in [0.15, 0.2) is 121 Å². The SMILES string of the molecule is Cc1ccc(C2(c3ccc(C)cc3)c3cc4c(cc3-c3sc5cc(C(C)(C)C)sc5c32)C(c2ccc(C)cc2)(c2ccc(C)cc2)c2c-4sc3cc(C(C)(C)N)sc23)cc1. The Morgan fingerprint density at radius 3 is 1.05 bits per heavy atom. The fourth-order valence-electron chi connectivity index (χ4n) is 10.1. The van der Waals surface area contributed by atoms with Crippen molar-refractivity contribution in [1.29, 1.82) is 0 Å². The van der Waals surface area contributed by atoms with E-state index in [9.17, 15) is 0 Å². The van der Waals surface area contributed by atoms with Crippen molar-refractivity contribution in [2.45, 2.75) is 84.1 Å². The highest BCUT2D eigenvalue weighted by Crippen LogP contribution is 2.68. The second kappa shape index (κ2) is 13.0. The maximum Gasteiger partial charge on any atom is 0.0736 e. The van der Waals surface area contributed by atoms with Gasteiger partial charge in [-0.15, -0.1) is 45.3 Å². The molecule has 0 aliphatic heterocycles. The second-order valence-corrected chi connectivity index (χ2v) is 23.3. The third-order valence-electron chi connectivity index (χ3n) is 13.2. The standard InChI is InChI=1S/C55H49NS4/c1-30-10-18-34(19-11-30)54(35-20-12-31(2)13-21-35)40-27-39-41(26-38(40)48-46(54)50-42(57-48)28-44(59-50)52(5,6)7)55(36-22-14-32(3)15-23-36,37-24-16-33(4)17-25-37)47-49(39)58-43-29-45(53(8,9)56)60-51(43)47/h10-29H,56H2,1-9H3. The van der Waals surface area contributed by atoms with E-state index in [0.29, 0.717) is 0 Å². The van der Waals surface area contributed by atoms with Crippen molar-refractivity contribution in [1.82, 2.24) is 0 Å². The van der Waals surface area contributed by atoms with Crippen molar-refractivity contribution in [3.05, 3.63) is 198 Å². The van der Waals surface area contributed by atoms with Crippen molar-refractivity contribution < 1.29 is 0 Å². The van der Waals surface area contributed by atoms with Gasteiger partial charge in [0, 0.05) is 45.6 Å². The zero-order chi connectivity index (χ0) is 41.7. The zero-order valence-electron chi connectivity index (χ0n) is 35.8. The van der Waals surface area contributed by atoms with Gasteiger partial charge in [0.25, 0.3) is 0 Å². The van der Waals surface area contributed by atoms with Gasteiger partial charge in [-0.1, -0.05) is 140 Å². The average Bonchev–Trinajstić information content (AvgIpc) is 4.04. The van der Waals surface area contributed by atoms with Crippen LogP contribution >= 0.6 is 45.3 Å². The average molecular weight is 852 g/mol. The number of nitrogens with two attached hydrogens (primary N) is 1. The number of aryl methyl sites for hydroxylation is 4. The summed E-state index contributed by atoms with van der Waals surface area (Å²) in [7, 11) is 0. The smallest absolute Gasteiger partial charge is 0.0736 e. The first-order chi connectivity index (χ1) is 28.6. The molecular formula is C55H49NS4. The fraction of sp³-hybridized carbons (Fsp3) is 0.236. The monoisotopic (exact) mass is 851 g/mol. The van der Waals surface area contributed by atoms with Gasteiger partial charge in [0.1, 0.15) is 0 Å². The molecular weight excluding hydrogens is 803 g/mol. The summed E-state index contributed by atoms with van der Waals surface area (Å²) in [5.41, 5.74) is 24.1. The number of rotatable bonds is 5. The van der Waals surface area contributed by atoms with E-state index in [1.54, 1.807) is 0 Å². The van der Waals surface area contributed by atoms with Crippen LogP contribution in [0.5, 0.6) is 0 Å². The first-order valence-corrected chi connectivity index (χ1v) is 24.3. The van der Waals surface area contributed by atoms with Gasteiger partial charge in [-0.05, 0) is 116 Å². The predicted octanol–water partition coefficient (Wildman–Crippen LogP) is 15.7. The molecule has 0 unspecified atom stereocenters. The molecule has 0 saturated carbocycles. The van der Waals surface area contributed by atoms with Crippen LogP contribution in [0.4, 0.5) is 0 Å². The summed E-state index contributed by atoms with van der Waals surface area (Å²) in [5.74, 6) is 0. The highest BCUT2D eigenvalue weighted by molar-refractivity contribution is 7.30. The van der Waals surface area contributed by atoms with E-state index in [4.69, 9.17) is 5.73 Å². The Morgan fingerprint density at radius 1 is 0.417 bits per heavy atom. The molecule has 0 spiro atoms. The Morgan fingerprint density at radius 2 is 0.733 bits per heavy atom. The molecule has 9 aromatic rings. The van der Waals surface area contributed by atoms with Crippen LogP contribution in [0.3, 0.4) is 0 Å². The minimum atomic E-state index is -0.534. The highest BCUT2D eigenvalue weighted by Gasteiger charge is 2.54. The third kappa shape index (κ3) is 5.23. The van der Waals surface area contributed by atoms with E-state index in [0.717, 1.165) is 0 Å². The fourth-order valence-corrected chi connectivity index (χ4v) is 15.8. The number of hydrogen-bond acceptors (Lipinski definition) is 5. The number of fused-ring (bicyclic) bond motifs is 10. The molecule has 2 aliphatic carbocycles. The minimum Gasteiger partial charge on any atom is -0.321 e. The van der Waals surface area contributed by atoms with E-state index in [2.05, 4.69) is 184 Å². The molecule has 0 radical (unpaired) electrons. The van der Waals surface area contributed by atoms with Gasteiger partial charge in [0.2, 0.25) is 0 Å². The topological polar surface area (TPSA) is 26.0 Å². The van der Waals surface area contributed by atoms with Crippen molar-refractivity contribution in [2.75, 3.05) is 0 Å². The molecule has 0 atom stereocenters. The second-order valence-electron chi connectivity index (χ2n) is 19.1. The van der Waals surface area contributed by atoms with Crippen LogP contribution < -0.4 is 5.73 Å². The van der Waals surface area contributed by atoms with Gasteiger partial charge in [0.05, 0.1) is 20.2 Å². The van der Waals surface area contributed by atoms with Gasteiger partial charge >= 0.3 is 0 Å². The van der Waals surface area contributed by atoms with Crippen molar-refractivity contribution in [2.24, 2.45) is 5.73 Å². The number of benzene rings is 5. The molecule has 11 rings (SSSR count). The van der Waals surface area contributed by atoms with E-state index >= 15 is 0 Å². The Balaban J connectivity index is 1.33. The molecule has 2 aliphatic rings. The minimum absolute atomic E-state index is 0.0579. The van der Waals surface area contributed by atoms with Crippen molar-refractivity contribution in [3.8, 4) is 20.9 Å². The summed E-state index contributed by atoms with van der Waals surface area (Å²) in [6.45, 7) is 20.1. The van der Waals surface area contributed by atoms with Crippen molar-refractivity contribution >= 4 is 64.1 Å². The molecule has 5 heteroatoms. The lowest BCUT2D eigenvalue weighted by Crippen LogP contribution is -2.30. The van der Waals surface area contributed by atoms with Crippen LogP contribution in [0.25, 0.3) is 39.7 Å². The molecule has 4 heterocycles. The largest absolute Gasteiger partial charge is 0.321 e. The Bertz CT molecular complexity index is 2860. The molecule has 5 aromatic carbocycles. The van der Waals surface area contributed by atoms with Crippen LogP contribution in [-0.2, 0) is 21.8 Å². The lowest BCUT2D eigenvalue weighted by atomic mass is 9.65. The van der Waals surface area contributed by atoms with Gasteiger partial charge < -0.3 is 5.73 Å². The lowest BCUT2D eigenvalue weighted by molar-refractivity contribution is 0.567. The van der Waals surface area contributed by atoms with Gasteiger partial charge in [-0.3, -0.25) is 0 Å². The summed E-state index contributed by atoms with van der Waals surface area (Å²) < 4.78 is 5.50. The van der Waals surface area contributed by atoms with Crippen LogP contribution in [0.1, 0.15) is 111 Å². The Labute approximate surface area is 370 Å². The summed E-state index contributed by atoms with van der Waals surface area (Å²) in [5, 5.41) is 0. The molecule has 60 heavy (non-hydrogen) atoms. The maximum absolute atomic E-state index is 6.87. The molecule has 2 N–H and O–H groups in total. The molecule has 0 amide bonds. The van der Waals surface area contributed by atoms with E-state index < -0.39 is 16.4 Å². The Hall–Kier alpha value is -4.62. The van der Waals surface area contributed by atoms with Crippen LogP contribution in [-0.4, -0.2) is 0 Å². The van der Waals surface area contributed by atoms with Gasteiger partial charge in [0.15, 0.2) is 0 Å². The first-order valence-electron chi connectivity index (χ1n) is 21.0. The molecule has 4 aromatic heterocycles. The van der Waals surface area contributed by atoms with E-state index in [1.807, 2.05) is 45.3 Å². The van der Waals surface area contributed by atoms with Crippen LogP contribution in [0.2, 0.25) is 0 Å². The highest BCUT2D eigenvalue weighted by atomic mass is 32.1. The quantitative estimate of drug-likeness (QED) is 0.183. The molecule has 1 nitrogen and oxygen atoms in total. The lowest BCUT2D eigenvalue weighted by Gasteiger charge is -2.35. The zero-order valence-corrected chi connectivity index (χ0v) is 39.0. The first kappa shape index (κ1) is 38.3. The molecule has 0 bridgehead atoms. The maximum atomic E-state index is 6.87. The normalized spacial score (nSPS) is 15.1. The Kier molecular flexibility index (Phi) is 8.27. The summed E-state index contributed by atoms with van der Waals surface area (Å²) in [6.07, 6.45) is 0. The van der Waals surface area contributed by atoms with Crippen LogP contribution in [0, 0.1) is 27.7 Å². The van der Waals surface area contributed by atoms with Crippen molar-refractivity contribution in [3.63, 3.8) is 0 Å². The molecule has 0 saturated heterocycles. The molecule has 0 fully saturated rings. The predicted molar refractivity (Wildman–Crippen MR) is 262 cm³/mol. The van der Waals surface area contributed by atoms with E-state index in [-0.39, 0.29) is 5.41 Å². The number of thiophene rings is 4. The summed E-state index contributed by atoms with van der Waals surface area (Å²) in [4.78, 5) is 5.45. The van der Waals surface area contributed by atoms with E-state index in [1.165, 1.54) is 116 Å².